The second kappa shape index (κ2) is 6.79. The lowest BCUT2D eigenvalue weighted by atomic mass is 9.96. The van der Waals surface area contributed by atoms with E-state index >= 15 is 0 Å². The van der Waals surface area contributed by atoms with Gasteiger partial charge in [-0.3, -0.25) is 4.90 Å². The standard InChI is InChI=1S/C17H23F3N2O/c18-17(19,20)14-3-1-2-13(8-14)16-9-15(23)11-22(16)10-12-4-6-21-7-5-12/h1-3,8,12,15-16,21,23H,4-7,9-11H2. The molecule has 0 amide bonds. The van der Waals surface area contributed by atoms with Gasteiger partial charge in [-0.05, 0) is 56.0 Å². The van der Waals surface area contributed by atoms with Crippen molar-refractivity contribution in [3.8, 4) is 0 Å². The average Bonchev–Trinajstić information content (AvgIpc) is 2.88. The molecular formula is C17H23F3N2O. The Bertz CT molecular complexity index is 529. The monoisotopic (exact) mass is 328 g/mol. The van der Waals surface area contributed by atoms with E-state index in [-0.39, 0.29) is 6.04 Å². The predicted molar refractivity (Wildman–Crippen MR) is 82.0 cm³/mol. The topological polar surface area (TPSA) is 35.5 Å². The van der Waals surface area contributed by atoms with Crippen LogP contribution in [0, 0.1) is 5.92 Å². The van der Waals surface area contributed by atoms with Gasteiger partial charge in [0.15, 0.2) is 0 Å². The molecule has 2 aliphatic rings. The van der Waals surface area contributed by atoms with E-state index in [0.29, 0.717) is 24.4 Å². The van der Waals surface area contributed by atoms with Crippen molar-refractivity contribution >= 4 is 0 Å². The van der Waals surface area contributed by atoms with E-state index in [2.05, 4.69) is 10.2 Å². The molecule has 1 aromatic carbocycles. The minimum Gasteiger partial charge on any atom is -0.392 e. The Hall–Kier alpha value is -1.11. The number of hydrogen-bond donors (Lipinski definition) is 2. The van der Waals surface area contributed by atoms with Gasteiger partial charge in [-0.2, -0.15) is 13.2 Å². The van der Waals surface area contributed by atoms with Gasteiger partial charge < -0.3 is 10.4 Å². The fourth-order valence-corrected chi connectivity index (χ4v) is 3.75. The number of alkyl halides is 3. The van der Waals surface area contributed by atoms with E-state index in [1.165, 1.54) is 12.1 Å². The molecule has 0 aromatic heterocycles. The molecule has 0 bridgehead atoms. The maximum absolute atomic E-state index is 12.9. The molecule has 2 unspecified atom stereocenters. The van der Waals surface area contributed by atoms with Gasteiger partial charge in [-0.1, -0.05) is 12.1 Å². The number of nitrogens with zero attached hydrogens (tertiary/aromatic N) is 1. The number of rotatable bonds is 3. The highest BCUT2D eigenvalue weighted by Gasteiger charge is 2.36. The van der Waals surface area contributed by atoms with E-state index in [4.69, 9.17) is 0 Å². The van der Waals surface area contributed by atoms with Crippen molar-refractivity contribution in [3.63, 3.8) is 0 Å². The van der Waals surface area contributed by atoms with Gasteiger partial charge in [0, 0.05) is 19.1 Å². The van der Waals surface area contributed by atoms with Crippen LogP contribution in [0.5, 0.6) is 0 Å². The number of aliphatic hydroxyl groups excluding tert-OH is 1. The fraction of sp³-hybridized carbons (Fsp3) is 0.647. The van der Waals surface area contributed by atoms with Crippen molar-refractivity contribution in [1.29, 1.82) is 0 Å². The summed E-state index contributed by atoms with van der Waals surface area (Å²) in [5.41, 5.74) is 0.0449. The third-order valence-electron chi connectivity index (χ3n) is 4.93. The van der Waals surface area contributed by atoms with Gasteiger partial charge in [0.25, 0.3) is 0 Å². The van der Waals surface area contributed by atoms with Gasteiger partial charge in [0.05, 0.1) is 11.7 Å². The normalized spacial score (nSPS) is 27.5. The van der Waals surface area contributed by atoms with Crippen molar-refractivity contribution in [2.75, 3.05) is 26.2 Å². The zero-order valence-electron chi connectivity index (χ0n) is 13.0. The number of nitrogens with one attached hydrogen (secondary N) is 1. The molecule has 23 heavy (non-hydrogen) atoms. The molecule has 0 spiro atoms. The molecule has 0 saturated carbocycles. The smallest absolute Gasteiger partial charge is 0.392 e. The number of benzene rings is 1. The maximum atomic E-state index is 12.9. The Morgan fingerprint density at radius 1 is 1.22 bits per heavy atom. The summed E-state index contributed by atoms with van der Waals surface area (Å²) < 4.78 is 38.8. The Morgan fingerprint density at radius 2 is 1.96 bits per heavy atom. The molecular weight excluding hydrogens is 305 g/mol. The first kappa shape index (κ1) is 16.7. The zero-order chi connectivity index (χ0) is 16.4. The summed E-state index contributed by atoms with van der Waals surface area (Å²) >= 11 is 0. The summed E-state index contributed by atoms with van der Waals surface area (Å²) in [6.45, 7) is 3.38. The minimum atomic E-state index is -4.33. The SMILES string of the molecule is OC1CC(c2cccc(C(F)(F)F)c2)N(CC2CCNCC2)C1. The molecule has 2 N–H and O–H groups in total. The van der Waals surface area contributed by atoms with E-state index in [9.17, 15) is 18.3 Å². The predicted octanol–water partition coefficient (Wildman–Crippen LogP) is 2.81. The van der Waals surface area contributed by atoms with E-state index in [1.54, 1.807) is 6.07 Å². The molecule has 0 radical (unpaired) electrons. The van der Waals surface area contributed by atoms with Crippen molar-refractivity contribution in [2.24, 2.45) is 5.92 Å². The molecule has 2 fully saturated rings. The van der Waals surface area contributed by atoms with E-state index in [0.717, 1.165) is 38.5 Å². The molecule has 3 nitrogen and oxygen atoms in total. The van der Waals surface area contributed by atoms with Crippen LogP contribution in [-0.2, 0) is 6.18 Å². The van der Waals surface area contributed by atoms with Crippen molar-refractivity contribution < 1.29 is 18.3 Å². The Morgan fingerprint density at radius 3 is 2.65 bits per heavy atom. The molecule has 6 heteroatoms. The number of hydrogen-bond acceptors (Lipinski definition) is 3. The summed E-state index contributed by atoms with van der Waals surface area (Å²) in [4.78, 5) is 2.16. The van der Waals surface area contributed by atoms with Crippen LogP contribution in [0.3, 0.4) is 0 Å². The Kier molecular flexibility index (Phi) is 4.94. The summed E-state index contributed by atoms with van der Waals surface area (Å²) in [7, 11) is 0. The molecule has 2 heterocycles. The molecule has 2 atom stereocenters. The van der Waals surface area contributed by atoms with Crippen molar-refractivity contribution in [3.05, 3.63) is 35.4 Å². The van der Waals surface area contributed by atoms with Crippen LogP contribution in [0.15, 0.2) is 24.3 Å². The number of aliphatic hydroxyl groups is 1. The largest absolute Gasteiger partial charge is 0.416 e. The van der Waals surface area contributed by atoms with Gasteiger partial charge in [-0.25, -0.2) is 0 Å². The van der Waals surface area contributed by atoms with Crippen LogP contribution < -0.4 is 5.32 Å². The summed E-state index contributed by atoms with van der Waals surface area (Å²) in [6, 6.07) is 5.42. The van der Waals surface area contributed by atoms with Gasteiger partial charge in [0.2, 0.25) is 0 Å². The summed E-state index contributed by atoms with van der Waals surface area (Å²) in [5.74, 6) is 0.551. The van der Waals surface area contributed by atoms with Crippen LogP contribution >= 0.6 is 0 Å². The molecule has 0 aliphatic carbocycles. The summed E-state index contributed by atoms with van der Waals surface area (Å²) in [5, 5.41) is 13.3. The first-order valence-electron chi connectivity index (χ1n) is 8.23. The molecule has 2 saturated heterocycles. The lowest BCUT2D eigenvalue weighted by Gasteiger charge is -2.31. The zero-order valence-corrected chi connectivity index (χ0v) is 13.0. The quantitative estimate of drug-likeness (QED) is 0.896. The average molecular weight is 328 g/mol. The molecule has 3 rings (SSSR count). The third-order valence-corrected chi connectivity index (χ3v) is 4.93. The molecule has 128 valence electrons. The van der Waals surface area contributed by atoms with Crippen LogP contribution in [0.4, 0.5) is 13.2 Å². The third kappa shape index (κ3) is 4.05. The first-order valence-corrected chi connectivity index (χ1v) is 8.23. The van der Waals surface area contributed by atoms with Gasteiger partial charge in [0.1, 0.15) is 0 Å². The highest BCUT2D eigenvalue weighted by molar-refractivity contribution is 5.29. The summed E-state index contributed by atoms with van der Waals surface area (Å²) in [6.07, 6.45) is -2.11. The maximum Gasteiger partial charge on any atom is 0.416 e. The van der Waals surface area contributed by atoms with E-state index < -0.39 is 17.8 Å². The second-order valence-electron chi connectivity index (χ2n) is 6.68. The number of likely N-dealkylation sites (tertiary alicyclic amines) is 1. The number of halogens is 3. The van der Waals surface area contributed by atoms with Crippen molar-refractivity contribution in [1.82, 2.24) is 10.2 Å². The van der Waals surface area contributed by atoms with E-state index in [1.807, 2.05) is 0 Å². The lowest BCUT2D eigenvalue weighted by molar-refractivity contribution is -0.137. The molecule has 1 aromatic rings. The van der Waals surface area contributed by atoms with Crippen LogP contribution in [0.25, 0.3) is 0 Å². The highest BCUT2D eigenvalue weighted by atomic mass is 19.4. The van der Waals surface area contributed by atoms with Gasteiger partial charge >= 0.3 is 6.18 Å². The lowest BCUT2D eigenvalue weighted by Crippen LogP contribution is -2.36. The highest BCUT2D eigenvalue weighted by Crippen LogP contribution is 2.36. The van der Waals surface area contributed by atoms with Gasteiger partial charge in [-0.15, -0.1) is 0 Å². The fourth-order valence-electron chi connectivity index (χ4n) is 3.75. The first-order chi connectivity index (χ1) is 10.9. The molecule has 2 aliphatic heterocycles. The van der Waals surface area contributed by atoms with Crippen LogP contribution in [0.2, 0.25) is 0 Å². The Labute approximate surface area is 134 Å². The second-order valence-corrected chi connectivity index (χ2v) is 6.68. The number of piperidine rings is 1. The van der Waals surface area contributed by atoms with Crippen LogP contribution in [0.1, 0.15) is 36.4 Å². The number of β-amino-alcohol motifs (C(OH)–C–C–N with tert-alkyl or cyclic N) is 1. The minimum absolute atomic E-state index is 0.123. The van der Waals surface area contributed by atoms with Crippen molar-refractivity contribution in [2.45, 2.75) is 37.6 Å². The Balaban J connectivity index is 1.76. The van der Waals surface area contributed by atoms with Crippen LogP contribution in [-0.4, -0.2) is 42.3 Å².